The zero-order chi connectivity index (χ0) is 26.5. The van der Waals surface area contributed by atoms with E-state index in [4.69, 9.17) is 10.3 Å². The van der Waals surface area contributed by atoms with Crippen LogP contribution in [0.5, 0.6) is 0 Å². The van der Waals surface area contributed by atoms with Crippen molar-refractivity contribution >= 4 is 23.1 Å². The third-order valence-electron chi connectivity index (χ3n) is 4.76. The molecule has 1 aromatic carbocycles. The second-order valence-electron chi connectivity index (χ2n) is 7.24. The molecule has 2 heterocycles. The van der Waals surface area contributed by atoms with Crippen LogP contribution in [0, 0.1) is 11.6 Å². The number of carbonyl (C=O) groups is 1. The fourth-order valence-electron chi connectivity index (χ4n) is 2.72. The van der Waals surface area contributed by atoms with Gasteiger partial charge >= 0.3 is 6.18 Å². The van der Waals surface area contributed by atoms with Crippen molar-refractivity contribution in [1.29, 1.82) is 0 Å². The molecule has 3 rings (SSSR count). The van der Waals surface area contributed by atoms with Gasteiger partial charge in [0.15, 0.2) is 17.5 Å². The van der Waals surface area contributed by atoms with E-state index < -0.39 is 41.7 Å². The van der Waals surface area contributed by atoms with Crippen LogP contribution in [0.4, 0.5) is 27.8 Å². The van der Waals surface area contributed by atoms with E-state index in [0.717, 1.165) is 0 Å². The Hall–Kier alpha value is -4.40. The summed E-state index contributed by atoms with van der Waals surface area (Å²) in [5.41, 5.74) is 7.00. The molecule has 0 radical (unpaired) electrons. The smallest absolute Gasteiger partial charge is 0.396 e. The molecular formula is C21H18F5N7O3. The molecule has 15 heteroatoms. The van der Waals surface area contributed by atoms with Crippen LogP contribution < -0.4 is 16.8 Å². The normalized spacial score (nSPS) is 14.4. The molecule has 0 saturated heterocycles. The fraction of sp³-hybridized carbons (Fsp3) is 0.190. The molecule has 0 saturated carbocycles. The standard InChI is InChI=1S/C21H18F5N7O3/c22-12-4-2-1-3-11(12)8-29-16(15-5-6-36-33-15)7-14(27)18-30-9-13(23)17(32-18)31-10-20(35,19(28)34)21(24,25)26/h1-7,9,35H,8,10,27H2,(H2,28,34)(H,30,31,32)/t20-/m1/s1. The molecule has 0 unspecified atom stereocenters. The number of aromatic nitrogens is 3. The van der Waals surface area contributed by atoms with E-state index in [1.54, 1.807) is 6.07 Å². The van der Waals surface area contributed by atoms with Crippen LogP contribution in [0.1, 0.15) is 17.1 Å². The summed E-state index contributed by atoms with van der Waals surface area (Å²) in [6, 6.07) is 7.33. The van der Waals surface area contributed by atoms with Gasteiger partial charge < -0.3 is 26.4 Å². The number of aliphatic imine (C=N–C) groups is 1. The Labute approximate surface area is 199 Å². The van der Waals surface area contributed by atoms with E-state index in [1.165, 1.54) is 36.6 Å². The lowest BCUT2D eigenvalue weighted by molar-refractivity contribution is -0.245. The third-order valence-corrected chi connectivity index (χ3v) is 4.76. The summed E-state index contributed by atoms with van der Waals surface area (Å²) in [4.78, 5) is 22.8. The number of alkyl halides is 3. The lowest BCUT2D eigenvalue weighted by atomic mass is 10.0. The Morgan fingerprint density at radius 2 is 1.89 bits per heavy atom. The summed E-state index contributed by atoms with van der Waals surface area (Å²) in [7, 11) is 0. The summed E-state index contributed by atoms with van der Waals surface area (Å²) in [5.74, 6) is -4.95. The molecule has 1 amide bonds. The second kappa shape index (κ2) is 10.5. The van der Waals surface area contributed by atoms with Crippen molar-refractivity contribution in [3.05, 3.63) is 77.6 Å². The van der Waals surface area contributed by atoms with E-state index in [0.29, 0.717) is 6.20 Å². The van der Waals surface area contributed by atoms with Crippen molar-refractivity contribution in [3.63, 3.8) is 0 Å². The number of nitrogens with zero attached hydrogens (tertiary/aromatic N) is 4. The number of primary amides is 1. The van der Waals surface area contributed by atoms with Crippen molar-refractivity contribution in [2.75, 3.05) is 11.9 Å². The van der Waals surface area contributed by atoms with Crippen LogP contribution in [-0.2, 0) is 11.3 Å². The van der Waals surface area contributed by atoms with Gasteiger partial charge in [-0.15, -0.1) is 0 Å². The highest BCUT2D eigenvalue weighted by Crippen LogP contribution is 2.30. The first-order valence-corrected chi connectivity index (χ1v) is 9.94. The zero-order valence-corrected chi connectivity index (χ0v) is 18.1. The lowest BCUT2D eigenvalue weighted by Crippen LogP contribution is -2.59. The highest BCUT2D eigenvalue weighted by atomic mass is 19.4. The lowest BCUT2D eigenvalue weighted by Gasteiger charge is -2.27. The summed E-state index contributed by atoms with van der Waals surface area (Å²) >= 11 is 0. The van der Waals surface area contributed by atoms with Crippen molar-refractivity contribution < 1.29 is 36.4 Å². The Bertz CT molecular complexity index is 1300. The molecule has 3 aromatic rings. The number of aliphatic hydroxyl groups is 1. The van der Waals surface area contributed by atoms with Gasteiger partial charge in [0.25, 0.3) is 11.5 Å². The number of rotatable bonds is 9. The molecule has 190 valence electrons. The molecule has 2 aromatic heterocycles. The van der Waals surface area contributed by atoms with Crippen LogP contribution in [0.15, 0.2) is 58.4 Å². The quantitative estimate of drug-likeness (QED) is 0.250. The monoisotopic (exact) mass is 511 g/mol. The minimum absolute atomic E-state index is 0.104. The molecular weight excluding hydrogens is 493 g/mol. The van der Waals surface area contributed by atoms with E-state index in [2.05, 4.69) is 25.9 Å². The molecule has 0 aliphatic rings. The van der Waals surface area contributed by atoms with Crippen molar-refractivity contribution in [2.45, 2.75) is 18.3 Å². The van der Waals surface area contributed by atoms with Crippen LogP contribution in [0.25, 0.3) is 5.70 Å². The van der Waals surface area contributed by atoms with Gasteiger partial charge in [-0.3, -0.25) is 9.79 Å². The number of nitrogens with one attached hydrogen (secondary N) is 1. The number of carbonyl (C=O) groups excluding carboxylic acids is 1. The van der Waals surface area contributed by atoms with Gasteiger partial charge in [0.05, 0.1) is 30.7 Å². The maximum atomic E-state index is 14.1. The Morgan fingerprint density at radius 3 is 2.50 bits per heavy atom. The van der Waals surface area contributed by atoms with Gasteiger partial charge in [-0.05, 0) is 12.1 Å². The maximum absolute atomic E-state index is 14.1. The van der Waals surface area contributed by atoms with Crippen LogP contribution >= 0.6 is 0 Å². The van der Waals surface area contributed by atoms with E-state index >= 15 is 0 Å². The zero-order valence-electron chi connectivity index (χ0n) is 18.1. The van der Waals surface area contributed by atoms with Crippen LogP contribution in [-0.4, -0.2) is 50.2 Å². The molecule has 0 spiro atoms. The summed E-state index contributed by atoms with van der Waals surface area (Å²) < 4.78 is 72.1. The first kappa shape index (κ1) is 26.2. The maximum Gasteiger partial charge on any atom is 0.428 e. The largest absolute Gasteiger partial charge is 0.428 e. The minimum Gasteiger partial charge on any atom is -0.396 e. The number of amides is 1. The minimum atomic E-state index is -5.45. The molecule has 6 N–H and O–H groups in total. The third kappa shape index (κ3) is 5.80. The van der Waals surface area contributed by atoms with Crippen LogP contribution in [0.3, 0.4) is 0 Å². The molecule has 0 aliphatic heterocycles. The average molecular weight is 511 g/mol. The molecule has 0 aliphatic carbocycles. The van der Waals surface area contributed by atoms with Crippen molar-refractivity contribution in [1.82, 2.24) is 15.1 Å². The molecule has 10 nitrogen and oxygen atoms in total. The highest BCUT2D eigenvalue weighted by Gasteiger charge is 2.58. The van der Waals surface area contributed by atoms with Gasteiger partial charge in [0.1, 0.15) is 17.8 Å². The first-order chi connectivity index (χ1) is 16.9. The first-order valence-electron chi connectivity index (χ1n) is 9.94. The number of anilines is 1. The topological polar surface area (TPSA) is 166 Å². The Kier molecular flexibility index (Phi) is 7.62. The van der Waals surface area contributed by atoms with E-state index in [-0.39, 0.29) is 35.0 Å². The summed E-state index contributed by atoms with van der Waals surface area (Å²) in [6.45, 7) is -1.64. The number of allylic oxidation sites excluding steroid dienone is 1. The summed E-state index contributed by atoms with van der Waals surface area (Å²) in [6.07, 6.45) is -2.38. The van der Waals surface area contributed by atoms with Gasteiger partial charge in [-0.1, -0.05) is 23.4 Å². The van der Waals surface area contributed by atoms with Crippen molar-refractivity contribution in [2.24, 2.45) is 16.5 Å². The molecule has 0 fully saturated rings. The van der Waals surface area contributed by atoms with Crippen molar-refractivity contribution in [3.8, 4) is 0 Å². The van der Waals surface area contributed by atoms with Crippen LogP contribution in [0.2, 0.25) is 0 Å². The molecule has 0 bridgehead atoms. The number of hydrogen-bond donors (Lipinski definition) is 4. The van der Waals surface area contributed by atoms with Gasteiger partial charge in [0.2, 0.25) is 0 Å². The Morgan fingerprint density at radius 1 is 1.17 bits per heavy atom. The van der Waals surface area contributed by atoms with Gasteiger partial charge in [0, 0.05) is 11.6 Å². The van der Waals surface area contributed by atoms with E-state index in [1.807, 2.05) is 5.32 Å². The summed E-state index contributed by atoms with van der Waals surface area (Å²) in [5, 5.41) is 15.3. The number of benzene rings is 1. The number of hydrogen-bond acceptors (Lipinski definition) is 9. The van der Waals surface area contributed by atoms with Gasteiger partial charge in [-0.25, -0.2) is 18.7 Å². The van der Waals surface area contributed by atoms with Gasteiger partial charge in [-0.2, -0.15) is 13.2 Å². The fourth-order valence-corrected chi connectivity index (χ4v) is 2.72. The molecule has 36 heavy (non-hydrogen) atoms. The number of nitrogens with two attached hydrogens (primary N) is 2. The highest BCUT2D eigenvalue weighted by molar-refractivity contribution is 6.10. The predicted octanol–water partition coefficient (Wildman–Crippen LogP) is 1.92. The molecule has 1 atom stereocenters. The van der Waals surface area contributed by atoms with E-state index in [9.17, 15) is 31.9 Å². The Balaban J connectivity index is 1.90. The second-order valence-corrected chi connectivity index (χ2v) is 7.24. The predicted molar refractivity (Wildman–Crippen MR) is 116 cm³/mol. The number of halogens is 5. The average Bonchev–Trinajstić information content (AvgIpc) is 3.35. The SMILES string of the molecule is NC(=O)[C@](O)(CNc1nc(C(N)=CC(=NCc2ccccc2F)c2ccon2)ncc1F)C(F)(F)F.